The minimum atomic E-state index is -0.407. The van der Waals surface area contributed by atoms with Gasteiger partial charge in [0, 0.05) is 52.5 Å². The van der Waals surface area contributed by atoms with Gasteiger partial charge in [-0.2, -0.15) is 0 Å². The first kappa shape index (κ1) is 24.9. The smallest absolute Gasteiger partial charge is 0.269 e. The predicted octanol–water partition coefficient (Wildman–Crippen LogP) is 6.21. The summed E-state index contributed by atoms with van der Waals surface area (Å²) in [4.78, 5) is 10.3. The molecule has 31 heavy (non-hydrogen) atoms. The van der Waals surface area contributed by atoms with Gasteiger partial charge < -0.3 is 15.4 Å². The quantitative estimate of drug-likeness (QED) is 0.186. The van der Waals surface area contributed by atoms with Crippen molar-refractivity contribution in [1.29, 1.82) is 0 Å². The molecule has 0 fully saturated rings. The lowest BCUT2D eigenvalue weighted by Crippen LogP contribution is -2.22. The summed E-state index contributed by atoms with van der Waals surface area (Å²) < 4.78 is 6.99. The fraction of sp³-hybridized carbons (Fsp3) is 0.182. The maximum atomic E-state index is 10.7. The van der Waals surface area contributed by atoms with Gasteiger partial charge in [0.1, 0.15) is 12.4 Å². The van der Waals surface area contributed by atoms with E-state index in [4.69, 9.17) is 16.3 Å². The molecule has 2 N–H and O–H groups in total. The van der Waals surface area contributed by atoms with Gasteiger partial charge in [-0.15, -0.1) is 12.4 Å². The van der Waals surface area contributed by atoms with Crippen molar-refractivity contribution in [3.05, 3.63) is 97.5 Å². The van der Waals surface area contributed by atoms with Gasteiger partial charge in [0.05, 0.1) is 4.92 Å². The third kappa shape index (κ3) is 8.03. The number of ether oxygens (including phenoxy) is 1. The largest absolute Gasteiger partial charge is 0.489 e. The fourth-order valence-corrected chi connectivity index (χ4v) is 3.32. The second-order valence-electron chi connectivity index (χ2n) is 6.57. The zero-order valence-corrected chi connectivity index (χ0v) is 19.7. The van der Waals surface area contributed by atoms with E-state index in [-0.39, 0.29) is 18.1 Å². The molecule has 0 spiro atoms. The van der Waals surface area contributed by atoms with E-state index in [9.17, 15) is 10.1 Å². The molecule has 0 saturated carbocycles. The van der Waals surface area contributed by atoms with E-state index in [0.717, 1.165) is 33.6 Å². The van der Waals surface area contributed by atoms with Gasteiger partial charge in [0.15, 0.2) is 0 Å². The average molecular weight is 527 g/mol. The van der Waals surface area contributed by atoms with Crippen LogP contribution >= 0.6 is 39.9 Å². The topological polar surface area (TPSA) is 76.4 Å². The van der Waals surface area contributed by atoms with Crippen LogP contribution in [0.3, 0.4) is 0 Å². The number of anilines is 1. The second kappa shape index (κ2) is 12.5. The number of rotatable bonds is 10. The molecule has 0 aliphatic carbocycles. The van der Waals surface area contributed by atoms with Crippen LogP contribution in [0.25, 0.3) is 0 Å². The summed E-state index contributed by atoms with van der Waals surface area (Å²) in [5, 5.41) is 18.0. The SMILES string of the molecule is Cl.O=[N+]([O-])c1ccc(NCCNCc2cc(Br)ccc2OCc2ccc(Cl)cc2)cc1. The summed E-state index contributed by atoms with van der Waals surface area (Å²) in [7, 11) is 0. The monoisotopic (exact) mass is 525 g/mol. The maximum absolute atomic E-state index is 10.7. The Bertz CT molecular complexity index is 986. The third-order valence-corrected chi connectivity index (χ3v) is 5.10. The Morgan fingerprint density at radius 3 is 2.39 bits per heavy atom. The number of hydrogen-bond donors (Lipinski definition) is 2. The number of nitrogens with one attached hydrogen (secondary N) is 2. The van der Waals surface area contributed by atoms with Crippen LogP contribution < -0.4 is 15.4 Å². The van der Waals surface area contributed by atoms with E-state index >= 15 is 0 Å². The molecular formula is C22H22BrCl2N3O3. The van der Waals surface area contributed by atoms with Gasteiger partial charge in [0.2, 0.25) is 0 Å². The lowest BCUT2D eigenvalue weighted by molar-refractivity contribution is -0.384. The van der Waals surface area contributed by atoms with Crippen LogP contribution in [0.1, 0.15) is 11.1 Å². The zero-order chi connectivity index (χ0) is 21.3. The lowest BCUT2D eigenvalue weighted by atomic mass is 10.2. The molecule has 0 aliphatic rings. The molecule has 164 valence electrons. The highest BCUT2D eigenvalue weighted by Crippen LogP contribution is 2.24. The lowest BCUT2D eigenvalue weighted by Gasteiger charge is -2.13. The van der Waals surface area contributed by atoms with Crippen molar-refractivity contribution in [2.24, 2.45) is 0 Å². The number of hydrogen-bond acceptors (Lipinski definition) is 5. The highest BCUT2D eigenvalue weighted by atomic mass is 79.9. The molecule has 3 aromatic carbocycles. The molecule has 0 radical (unpaired) electrons. The fourth-order valence-electron chi connectivity index (χ4n) is 2.79. The molecule has 0 heterocycles. The van der Waals surface area contributed by atoms with E-state index in [2.05, 4.69) is 26.6 Å². The number of nitro groups is 1. The molecule has 9 heteroatoms. The van der Waals surface area contributed by atoms with Gasteiger partial charge in [-0.1, -0.05) is 39.7 Å². The summed E-state index contributed by atoms with van der Waals surface area (Å²) in [6.07, 6.45) is 0. The summed E-state index contributed by atoms with van der Waals surface area (Å²) in [6, 6.07) is 19.9. The Balaban J connectivity index is 0.00000341. The van der Waals surface area contributed by atoms with Crippen LogP contribution in [0.5, 0.6) is 5.75 Å². The third-order valence-electron chi connectivity index (χ3n) is 4.35. The van der Waals surface area contributed by atoms with E-state index in [1.165, 1.54) is 12.1 Å². The maximum Gasteiger partial charge on any atom is 0.269 e. The molecule has 0 bridgehead atoms. The predicted molar refractivity (Wildman–Crippen MR) is 130 cm³/mol. The normalized spacial score (nSPS) is 10.3. The Labute approximate surface area is 200 Å². The summed E-state index contributed by atoms with van der Waals surface area (Å²) in [5.41, 5.74) is 3.03. The van der Waals surface area contributed by atoms with Gasteiger partial charge in [0.25, 0.3) is 5.69 Å². The Morgan fingerprint density at radius 2 is 1.71 bits per heavy atom. The van der Waals surface area contributed by atoms with Crippen molar-refractivity contribution in [3.63, 3.8) is 0 Å². The van der Waals surface area contributed by atoms with Crippen LogP contribution in [0.4, 0.5) is 11.4 Å². The number of benzene rings is 3. The first-order valence-electron chi connectivity index (χ1n) is 9.36. The van der Waals surface area contributed by atoms with Crippen molar-refractivity contribution >= 4 is 51.3 Å². The van der Waals surface area contributed by atoms with Crippen molar-refractivity contribution in [2.75, 3.05) is 18.4 Å². The molecule has 0 aromatic heterocycles. The molecule has 0 aliphatic heterocycles. The number of non-ortho nitro benzene ring substituents is 1. The summed E-state index contributed by atoms with van der Waals surface area (Å²) >= 11 is 9.44. The summed E-state index contributed by atoms with van der Waals surface area (Å²) in [6.45, 7) is 2.53. The van der Waals surface area contributed by atoms with Crippen molar-refractivity contribution in [2.45, 2.75) is 13.2 Å². The Morgan fingerprint density at radius 1 is 1.00 bits per heavy atom. The van der Waals surface area contributed by atoms with Crippen LogP contribution in [0, 0.1) is 10.1 Å². The molecule has 6 nitrogen and oxygen atoms in total. The standard InChI is InChI=1S/C22H21BrClN3O3.ClH/c23-18-3-10-22(30-15-16-1-4-19(24)5-2-16)17(13-18)14-25-11-12-26-20-6-8-21(9-7-20)27(28)29;/h1-10,13,25-26H,11-12,14-15H2;1H. The van der Waals surface area contributed by atoms with Crippen molar-refractivity contribution in [1.82, 2.24) is 5.32 Å². The molecular weight excluding hydrogens is 505 g/mol. The second-order valence-corrected chi connectivity index (χ2v) is 7.93. The highest BCUT2D eigenvalue weighted by molar-refractivity contribution is 9.10. The van der Waals surface area contributed by atoms with Crippen LogP contribution in [-0.2, 0) is 13.2 Å². The number of nitrogens with zero attached hydrogens (tertiary/aromatic N) is 1. The van der Waals surface area contributed by atoms with Gasteiger partial charge in [-0.3, -0.25) is 10.1 Å². The van der Waals surface area contributed by atoms with Crippen LogP contribution in [0.2, 0.25) is 5.02 Å². The Kier molecular flexibility index (Phi) is 10.1. The molecule has 3 rings (SSSR count). The van der Waals surface area contributed by atoms with E-state index in [1.807, 2.05) is 42.5 Å². The van der Waals surface area contributed by atoms with Gasteiger partial charge in [-0.25, -0.2) is 0 Å². The summed E-state index contributed by atoms with van der Waals surface area (Å²) in [5.74, 6) is 0.823. The zero-order valence-electron chi connectivity index (χ0n) is 16.5. The number of nitro benzene ring substituents is 1. The minimum absolute atomic E-state index is 0. The van der Waals surface area contributed by atoms with Crippen LogP contribution in [0.15, 0.2) is 71.2 Å². The van der Waals surface area contributed by atoms with Crippen LogP contribution in [-0.4, -0.2) is 18.0 Å². The molecule has 0 saturated heterocycles. The minimum Gasteiger partial charge on any atom is -0.489 e. The van der Waals surface area contributed by atoms with E-state index in [0.29, 0.717) is 24.7 Å². The van der Waals surface area contributed by atoms with Gasteiger partial charge >= 0.3 is 0 Å². The van der Waals surface area contributed by atoms with Crippen molar-refractivity contribution < 1.29 is 9.66 Å². The van der Waals surface area contributed by atoms with Gasteiger partial charge in [-0.05, 0) is 48.0 Å². The van der Waals surface area contributed by atoms with Crippen molar-refractivity contribution in [3.8, 4) is 5.75 Å². The Hall–Kier alpha value is -2.32. The molecule has 3 aromatic rings. The molecule has 0 unspecified atom stereocenters. The first-order chi connectivity index (χ1) is 14.5. The number of halogens is 3. The van der Waals surface area contributed by atoms with E-state index < -0.39 is 4.92 Å². The molecule has 0 amide bonds. The average Bonchev–Trinajstić information content (AvgIpc) is 2.74. The molecule has 0 atom stereocenters. The first-order valence-corrected chi connectivity index (χ1v) is 10.5. The highest BCUT2D eigenvalue weighted by Gasteiger charge is 2.06. The van der Waals surface area contributed by atoms with E-state index in [1.54, 1.807) is 12.1 Å².